The lowest BCUT2D eigenvalue weighted by Crippen LogP contribution is -2.14. The zero-order valence-corrected chi connectivity index (χ0v) is 19.3. The predicted octanol–water partition coefficient (Wildman–Crippen LogP) is 4.01. The molecule has 32 heavy (non-hydrogen) atoms. The lowest BCUT2D eigenvalue weighted by Gasteiger charge is -2.05. The third-order valence-corrected chi connectivity index (χ3v) is 6.53. The molecule has 2 aromatic carbocycles. The molecule has 4 rings (SSSR count). The van der Waals surface area contributed by atoms with Gasteiger partial charge in [-0.25, -0.2) is 4.98 Å². The summed E-state index contributed by atoms with van der Waals surface area (Å²) in [6, 6.07) is 15.9. The van der Waals surface area contributed by atoms with Crippen LogP contribution in [0.1, 0.15) is 22.9 Å². The number of amides is 1. The van der Waals surface area contributed by atoms with Crippen LogP contribution in [-0.2, 0) is 17.6 Å². The number of nitrogens with one attached hydrogen (secondary N) is 1. The molecule has 0 aliphatic heterocycles. The van der Waals surface area contributed by atoms with Gasteiger partial charge >= 0.3 is 0 Å². The largest absolute Gasteiger partial charge is 0.497 e. The van der Waals surface area contributed by atoms with E-state index in [0.717, 1.165) is 29.2 Å². The minimum absolute atomic E-state index is 0.160. The Morgan fingerprint density at radius 1 is 1.12 bits per heavy atom. The summed E-state index contributed by atoms with van der Waals surface area (Å²) in [6.45, 7) is 2.14. The summed E-state index contributed by atoms with van der Waals surface area (Å²) in [6.07, 6.45) is 3.63. The number of benzene rings is 2. The average Bonchev–Trinajstić information content (AvgIpc) is 3.47. The molecule has 164 valence electrons. The van der Waals surface area contributed by atoms with Crippen molar-refractivity contribution in [2.24, 2.45) is 0 Å². The van der Waals surface area contributed by atoms with Crippen LogP contribution < -0.4 is 10.1 Å². The molecule has 0 radical (unpaired) electrons. The summed E-state index contributed by atoms with van der Waals surface area (Å²) < 4.78 is 6.76. The molecule has 10 heteroatoms. The maximum absolute atomic E-state index is 12.4. The second-order valence-corrected chi connectivity index (χ2v) is 8.94. The van der Waals surface area contributed by atoms with Gasteiger partial charge in [-0.1, -0.05) is 43.0 Å². The van der Waals surface area contributed by atoms with E-state index in [2.05, 4.69) is 57.0 Å². The highest BCUT2D eigenvalue weighted by Crippen LogP contribution is 2.23. The Morgan fingerprint density at radius 3 is 2.59 bits per heavy atom. The Balaban J connectivity index is 1.31. The molecule has 0 aliphatic carbocycles. The maximum Gasteiger partial charge on any atom is 0.236 e. The number of hydrogen-bond donors (Lipinski definition) is 1. The van der Waals surface area contributed by atoms with E-state index in [1.54, 1.807) is 11.8 Å². The van der Waals surface area contributed by atoms with Crippen molar-refractivity contribution in [3.8, 4) is 11.4 Å². The molecule has 0 atom stereocenters. The fraction of sp³-hybridized carbons (Fsp3) is 0.227. The minimum Gasteiger partial charge on any atom is -0.497 e. The van der Waals surface area contributed by atoms with Gasteiger partial charge in [-0.05, 0) is 52.2 Å². The Labute approximate surface area is 194 Å². The molecule has 1 amide bonds. The van der Waals surface area contributed by atoms with Crippen molar-refractivity contribution >= 4 is 34.1 Å². The topological polar surface area (TPSA) is 94.8 Å². The van der Waals surface area contributed by atoms with Crippen LogP contribution in [0.2, 0.25) is 0 Å². The van der Waals surface area contributed by atoms with Gasteiger partial charge in [0.15, 0.2) is 5.13 Å². The number of carbonyl (C=O) groups excluding carboxylic acids is 1. The van der Waals surface area contributed by atoms with E-state index in [0.29, 0.717) is 10.3 Å². The maximum atomic E-state index is 12.4. The molecule has 0 unspecified atom stereocenters. The molecule has 0 saturated heterocycles. The molecule has 8 nitrogen and oxygen atoms in total. The standard InChI is InChI=1S/C22H22N6O2S2/c1-3-15-4-6-16(7-5-15)12-19-13-23-21(32-19)24-20(29)14-31-22-25-26-27-28(22)17-8-10-18(30-2)11-9-17/h4-11,13H,3,12,14H2,1-2H3,(H,23,24,29). The number of thiazole rings is 1. The number of aryl methyl sites for hydroxylation is 1. The summed E-state index contributed by atoms with van der Waals surface area (Å²) in [5, 5.41) is 15.7. The SMILES string of the molecule is CCc1ccc(Cc2cnc(NC(=O)CSc3nnnn3-c3ccc(OC)cc3)s2)cc1. The van der Waals surface area contributed by atoms with Gasteiger partial charge in [0, 0.05) is 17.5 Å². The van der Waals surface area contributed by atoms with Gasteiger partial charge in [0.2, 0.25) is 11.1 Å². The van der Waals surface area contributed by atoms with Gasteiger partial charge < -0.3 is 10.1 Å². The number of ether oxygens (including phenoxy) is 1. The van der Waals surface area contributed by atoms with Crippen LogP contribution in [0.4, 0.5) is 5.13 Å². The molecule has 4 aromatic rings. The number of carbonyl (C=O) groups is 1. The zero-order chi connectivity index (χ0) is 22.3. The molecule has 0 fully saturated rings. The Morgan fingerprint density at radius 2 is 1.88 bits per heavy atom. The van der Waals surface area contributed by atoms with Crippen LogP contribution >= 0.6 is 23.1 Å². The van der Waals surface area contributed by atoms with E-state index in [9.17, 15) is 4.79 Å². The zero-order valence-electron chi connectivity index (χ0n) is 17.7. The van der Waals surface area contributed by atoms with Crippen LogP contribution in [0.5, 0.6) is 5.75 Å². The van der Waals surface area contributed by atoms with E-state index in [4.69, 9.17) is 4.74 Å². The van der Waals surface area contributed by atoms with Crippen LogP contribution in [-0.4, -0.2) is 44.0 Å². The van der Waals surface area contributed by atoms with Crippen molar-refractivity contribution in [3.05, 3.63) is 70.7 Å². The molecular formula is C22H22N6O2S2. The highest BCUT2D eigenvalue weighted by atomic mass is 32.2. The molecule has 2 heterocycles. The van der Waals surface area contributed by atoms with Crippen molar-refractivity contribution in [1.82, 2.24) is 25.2 Å². The van der Waals surface area contributed by atoms with Gasteiger partial charge in [0.1, 0.15) is 5.75 Å². The first-order chi connectivity index (χ1) is 15.6. The lowest BCUT2D eigenvalue weighted by atomic mass is 10.1. The van der Waals surface area contributed by atoms with Crippen molar-refractivity contribution in [1.29, 1.82) is 0 Å². The van der Waals surface area contributed by atoms with Gasteiger partial charge in [-0.3, -0.25) is 4.79 Å². The predicted molar refractivity (Wildman–Crippen MR) is 126 cm³/mol. The van der Waals surface area contributed by atoms with Gasteiger partial charge in [-0.2, -0.15) is 4.68 Å². The number of aromatic nitrogens is 5. The number of methoxy groups -OCH3 is 1. The molecule has 0 aliphatic rings. The third-order valence-electron chi connectivity index (χ3n) is 4.70. The highest BCUT2D eigenvalue weighted by Gasteiger charge is 2.13. The molecule has 0 saturated carbocycles. The number of hydrogen-bond acceptors (Lipinski definition) is 8. The number of nitrogens with zero attached hydrogens (tertiary/aromatic N) is 5. The molecule has 0 spiro atoms. The third kappa shape index (κ3) is 5.51. The van der Waals surface area contributed by atoms with E-state index >= 15 is 0 Å². The first-order valence-corrected chi connectivity index (χ1v) is 11.8. The monoisotopic (exact) mass is 466 g/mol. The second-order valence-electron chi connectivity index (χ2n) is 6.89. The fourth-order valence-electron chi connectivity index (χ4n) is 2.98. The summed E-state index contributed by atoms with van der Waals surface area (Å²) in [7, 11) is 1.61. The Kier molecular flexibility index (Phi) is 7.13. The number of tetrazole rings is 1. The molecule has 2 aromatic heterocycles. The number of anilines is 1. The molecular weight excluding hydrogens is 444 g/mol. The van der Waals surface area contributed by atoms with Gasteiger partial charge in [-0.15, -0.1) is 16.4 Å². The van der Waals surface area contributed by atoms with E-state index < -0.39 is 0 Å². The van der Waals surface area contributed by atoms with Crippen molar-refractivity contribution in [2.45, 2.75) is 24.9 Å². The normalized spacial score (nSPS) is 10.8. The van der Waals surface area contributed by atoms with Gasteiger partial charge in [0.25, 0.3) is 0 Å². The number of thioether (sulfide) groups is 1. The smallest absolute Gasteiger partial charge is 0.236 e. The van der Waals surface area contributed by atoms with E-state index in [1.165, 1.54) is 34.2 Å². The summed E-state index contributed by atoms with van der Waals surface area (Å²) in [5.41, 5.74) is 3.33. The van der Waals surface area contributed by atoms with Crippen LogP contribution in [0.15, 0.2) is 59.9 Å². The lowest BCUT2D eigenvalue weighted by molar-refractivity contribution is -0.113. The molecule has 0 bridgehead atoms. The quantitative estimate of drug-likeness (QED) is 0.372. The second kappa shape index (κ2) is 10.4. The summed E-state index contributed by atoms with van der Waals surface area (Å²) >= 11 is 2.74. The molecule has 1 N–H and O–H groups in total. The first-order valence-electron chi connectivity index (χ1n) is 10.0. The summed E-state index contributed by atoms with van der Waals surface area (Å²) in [4.78, 5) is 17.8. The van der Waals surface area contributed by atoms with Crippen molar-refractivity contribution in [3.63, 3.8) is 0 Å². The highest BCUT2D eigenvalue weighted by molar-refractivity contribution is 7.99. The Bertz CT molecular complexity index is 1170. The van der Waals surface area contributed by atoms with Crippen molar-refractivity contribution < 1.29 is 9.53 Å². The van der Waals surface area contributed by atoms with Crippen molar-refractivity contribution in [2.75, 3.05) is 18.2 Å². The number of rotatable bonds is 9. The minimum atomic E-state index is -0.160. The van der Waals surface area contributed by atoms with E-state index in [-0.39, 0.29) is 11.7 Å². The van der Waals surface area contributed by atoms with E-state index in [1.807, 2.05) is 30.5 Å². The fourth-order valence-corrected chi connectivity index (χ4v) is 4.53. The first kappa shape index (κ1) is 22.0. The van der Waals surface area contributed by atoms with Crippen LogP contribution in [0, 0.1) is 0 Å². The van der Waals surface area contributed by atoms with Crippen LogP contribution in [0.25, 0.3) is 5.69 Å². The Hall–Kier alpha value is -3.24. The summed E-state index contributed by atoms with van der Waals surface area (Å²) in [5.74, 6) is 0.757. The van der Waals surface area contributed by atoms with Crippen LogP contribution in [0.3, 0.4) is 0 Å². The van der Waals surface area contributed by atoms with Gasteiger partial charge in [0.05, 0.1) is 18.6 Å². The average molecular weight is 467 g/mol.